The highest BCUT2D eigenvalue weighted by Gasteiger charge is 2.30. The molecule has 0 saturated carbocycles. The molecule has 37 heavy (non-hydrogen) atoms. The molecule has 12 heteroatoms. The topological polar surface area (TPSA) is 101 Å². The van der Waals surface area contributed by atoms with Gasteiger partial charge in [0.2, 0.25) is 0 Å². The van der Waals surface area contributed by atoms with Crippen LogP contribution in [0.15, 0.2) is 40.1 Å². The van der Waals surface area contributed by atoms with Crippen LogP contribution in [0.5, 0.6) is 5.75 Å². The van der Waals surface area contributed by atoms with Gasteiger partial charge in [0, 0.05) is 32.4 Å². The summed E-state index contributed by atoms with van der Waals surface area (Å²) in [5.74, 6) is -3.16. The summed E-state index contributed by atoms with van der Waals surface area (Å²) in [6.45, 7) is 7.65. The van der Waals surface area contributed by atoms with Gasteiger partial charge in [-0.25, -0.2) is 25.6 Å². The SMILES string of the molecule is CCCS(=O)(=O)c1ccc(N2CCN(C(=O)c3cc(S(C)(=O)=O)ccc3OC(C)(C)C)CC2)c(F)c1F. The summed E-state index contributed by atoms with van der Waals surface area (Å²) < 4.78 is 84.1. The van der Waals surface area contributed by atoms with Gasteiger partial charge in [-0.2, -0.15) is 0 Å². The smallest absolute Gasteiger partial charge is 0.257 e. The molecule has 2 aromatic rings. The number of piperazine rings is 1. The van der Waals surface area contributed by atoms with Crippen LogP contribution in [-0.2, 0) is 19.7 Å². The van der Waals surface area contributed by atoms with Gasteiger partial charge < -0.3 is 14.5 Å². The molecule has 0 aromatic heterocycles. The number of benzene rings is 2. The molecular weight excluding hydrogens is 526 g/mol. The van der Waals surface area contributed by atoms with Crippen molar-refractivity contribution < 1.29 is 35.1 Å². The van der Waals surface area contributed by atoms with E-state index >= 15 is 0 Å². The number of sulfone groups is 2. The first-order valence-electron chi connectivity index (χ1n) is 11.8. The monoisotopic (exact) mass is 558 g/mol. The first-order chi connectivity index (χ1) is 17.0. The van der Waals surface area contributed by atoms with E-state index in [9.17, 15) is 30.4 Å². The Morgan fingerprint density at radius 2 is 1.59 bits per heavy atom. The van der Waals surface area contributed by atoms with Crippen molar-refractivity contribution in [1.29, 1.82) is 0 Å². The predicted octanol–water partition coefficient (Wildman–Crippen LogP) is 3.69. The largest absolute Gasteiger partial charge is 0.487 e. The number of carbonyl (C=O) groups excluding carboxylic acids is 1. The normalized spacial score (nSPS) is 15.1. The van der Waals surface area contributed by atoms with Crippen molar-refractivity contribution in [3.05, 3.63) is 47.5 Å². The van der Waals surface area contributed by atoms with E-state index in [0.29, 0.717) is 0 Å². The van der Waals surface area contributed by atoms with E-state index in [1.807, 2.05) is 0 Å². The third-order valence-corrected chi connectivity index (χ3v) is 8.81. The second-order valence-corrected chi connectivity index (χ2v) is 14.0. The lowest BCUT2D eigenvalue weighted by atomic mass is 10.1. The maximum absolute atomic E-state index is 14.9. The lowest BCUT2D eigenvalue weighted by molar-refractivity contribution is 0.0730. The van der Waals surface area contributed by atoms with Crippen molar-refractivity contribution in [2.45, 2.75) is 49.5 Å². The number of hydrogen-bond donors (Lipinski definition) is 0. The Hall–Kier alpha value is -2.73. The van der Waals surface area contributed by atoms with E-state index in [2.05, 4.69) is 0 Å². The van der Waals surface area contributed by atoms with Gasteiger partial charge in [-0.3, -0.25) is 4.79 Å². The molecule has 0 spiro atoms. The fraction of sp³-hybridized carbons (Fsp3) is 0.480. The molecule has 0 bridgehead atoms. The van der Waals surface area contributed by atoms with E-state index in [-0.39, 0.29) is 60.2 Å². The van der Waals surface area contributed by atoms with E-state index in [0.717, 1.165) is 12.3 Å². The number of halogens is 2. The van der Waals surface area contributed by atoms with Gasteiger partial charge >= 0.3 is 0 Å². The molecule has 8 nitrogen and oxygen atoms in total. The van der Waals surface area contributed by atoms with Crippen LogP contribution in [0, 0.1) is 11.6 Å². The second-order valence-electron chi connectivity index (χ2n) is 9.95. The highest BCUT2D eigenvalue weighted by molar-refractivity contribution is 7.91. The molecule has 1 aliphatic rings. The third kappa shape index (κ3) is 6.59. The summed E-state index contributed by atoms with van der Waals surface area (Å²) in [4.78, 5) is 15.7. The minimum Gasteiger partial charge on any atom is -0.487 e. The summed E-state index contributed by atoms with van der Waals surface area (Å²) >= 11 is 0. The van der Waals surface area contributed by atoms with Crippen molar-refractivity contribution in [2.75, 3.05) is 43.1 Å². The minimum absolute atomic E-state index is 0.0218. The van der Waals surface area contributed by atoms with Crippen LogP contribution < -0.4 is 9.64 Å². The zero-order valence-corrected chi connectivity index (χ0v) is 23.2. The van der Waals surface area contributed by atoms with E-state index in [4.69, 9.17) is 4.74 Å². The Labute approximate surface area is 217 Å². The zero-order chi connectivity index (χ0) is 27.8. The summed E-state index contributed by atoms with van der Waals surface area (Å²) in [6, 6.07) is 6.44. The Balaban J connectivity index is 1.84. The Morgan fingerprint density at radius 1 is 0.973 bits per heavy atom. The lowest BCUT2D eigenvalue weighted by Gasteiger charge is -2.36. The van der Waals surface area contributed by atoms with Crippen LogP contribution in [0.1, 0.15) is 44.5 Å². The molecule has 0 radical (unpaired) electrons. The molecule has 1 aliphatic heterocycles. The van der Waals surface area contributed by atoms with Crippen LogP contribution in [0.3, 0.4) is 0 Å². The van der Waals surface area contributed by atoms with Crippen molar-refractivity contribution >= 4 is 31.3 Å². The fourth-order valence-electron chi connectivity index (χ4n) is 4.03. The molecule has 3 rings (SSSR count). The molecule has 0 aliphatic carbocycles. The van der Waals surface area contributed by atoms with E-state index in [1.165, 1.54) is 34.1 Å². The standard InChI is InChI=1S/C25H32F2N2O6S2/c1-6-15-37(33,34)21-10-8-19(22(26)23(21)27)28-11-13-29(14-12-28)24(30)18-16-17(36(5,31)32)7-9-20(18)35-25(2,3)4/h7-10,16H,6,11-15H2,1-5H3. The van der Waals surface area contributed by atoms with Gasteiger partial charge in [0.25, 0.3) is 5.91 Å². The first-order valence-corrected chi connectivity index (χ1v) is 15.4. The molecule has 2 aromatic carbocycles. The molecule has 0 atom stereocenters. The average molecular weight is 559 g/mol. The summed E-state index contributed by atoms with van der Waals surface area (Å²) in [6.07, 6.45) is 1.32. The van der Waals surface area contributed by atoms with Gasteiger partial charge in [-0.15, -0.1) is 0 Å². The highest BCUT2D eigenvalue weighted by atomic mass is 32.2. The number of amides is 1. The molecule has 1 saturated heterocycles. The van der Waals surface area contributed by atoms with Crippen molar-refractivity contribution in [1.82, 2.24) is 4.90 Å². The quantitative estimate of drug-likeness (QED) is 0.511. The van der Waals surface area contributed by atoms with Crippen LogP contribution in [-0.4, -0.2) is 71.4 Å². The van der Waals surface area contributed by atoms with E-state index < -0.39 is 47.7 Å². The predicted molar refractivity (Wildman–Crippen MR) is 137 cm³/mol. The zero-order valence-electron chi connectivity index (χ0n) is 21.5. The molecule has 1 fully saturated rings. The lowest BCUT2D eigenvalue weighted by Crippen LogP contribution is -2.49. The Kier molecular flexibility index (Phi) is 8.23. The summed E-state index contributed by atoms with van der Waals surface area (Å²) in [5, 5.41) is 0. The highest BCUT2D eigenvalue weighted by Crippen LogP contribution is 2.30. The van der Waals surface area contributed by atoms with Crippen molar-refractivity contribution in [2.24, 2.45) is 0 Å². The molecule has 1 amide bonds. The number of nitrogens with zero attached hydrogens (tertiary/aromatic N) is 2. The second kappa shape index (κ2) is 10.6. The third-order valence-electron chi connectivity index (χ3n) is 5.77. The van der Waals surface area contributed by atoms with Gasteiger partial charge in [-0.1, -0.05) is 6.92 Å². The number of carbonyl (C=O) groups is 1. The minimum atomic E-state index is -3.93. The number of anilines is 1. The van der Waals surface area contributed by atoms with E-state index in [1.54, 1.807) is 27.7 Å². The fourth-order valence-corrected chi connectivity index (χ4v) is 6.07. The maximum atomic E-state index is 14.9. The molecule has 0 unspecified atom stereocenters. The number of rotatable bonds is 7. The molecule has 0 N–H and O–H groups in total. The van der Waals surface area contributed by atoms with Gasteiger partial charge in [-0.05, 0) is 57.5 Å². The van der Waals surface area contributed by atoms with Crippen LogP contribution >= 0.6 is 0 Å². The summed E-state index contributed by atoms with van der Waals surface area (Å²) in [7, 11) is -7.51. The first kappa shape index (κ1) is 28.8. The average Bonchev–Trinajstić information content (AvgIpc) is 2.79. The van der Waals surface area contributed by atoms with Crippen LogP contribution in [0.2, 0.25) is 0 Å². The van der Waals surface area contributed by atoms with Crippen molar-refractivity contribution in [3.8, 4) is 5.75 Å². The number of ether oxygens (including phenoxy) is 1. The van der Waals surface area contributed by atoms with Crippen LogP contribution in [0.25, 0.3) is 0 Å². The van der Waals surface area contributed by atoms with Gasteiger partial charge in [0.15, 0.2) is 31.3 Å². The van der Waals surface area contributed by atoms with Crippen molar-refractivity contribution in [3.63, 3.8) is 0 Å². The number of hydrogen-bond acceptors (Lipinski definition) is 7. The van der Waals surface area contributed by atoms with Crippen LogP contribution in [0.4, 0.5) is 14.5 Å². The Bertz CT molecular complexity index is 1390. The maximum Gasteiger partial charge on any atom is 0.257 e. The molecule has 1 heterocycles. The Morgan fingerprint density at radius 3 is 2.14 bits per heavy atom. The summed E-state index contributed by atoms with van der Waals surface area (Å²) in [5.41, 5.74) is -0.636. The van der Waals surface area contributed by atoms with Gasteiger partial charge in [0.1, 0.15) is 16.2 Å². The molecule has 204 valence electrons. The molecular formula is C25H32F2N2O6S2. The van der Waals surface area contributed by atoms with Gasteiger partial charge in [0.05, 0.1) is 21.9 Å².